The Hall–Kier alpha value is -2.74. The Morgan fingerprint density at radius 3 is 2.59 bits per heavy atom. The van der Waals surface area contributed by atoms with Gasteiger partial charge in [-0.15, -0.1) is 10.2 Å². The highest BCUT2D eigenvalue weighted by atomic mass is 16.2. The number of rotatable bonds is 9. The summed E-state index contributed by atoms with van der Waals surface area (Å²) in [6, 6.07) is 9.71. The van der Waals surface area contributed by atoms with Crippen molar-refractivity contribution in [2.45, 2.75) is 46.2 Å². The van der Waals surface area contributed by atoms with Crippen LogP contribution in [0, 0.1) is 0 Å². The van der Waals surface area contributed by atoms with Crippen molar-refractivity contribution in [3.05, 3.63) is 46.4 Å². The lowest BCUT2D eigenvalue weighted by atomic mass is 10.1. The molecule has 0 aliphatic carbocycles. The van der Waals surface area contributed by atoms with Crippen molar-refractivity contribution in [3.8, 4) is 0 Å². The van der Waals surface area contributed by atoms with Crippen molar-refractivity contribution in [2.75, 3.05) is 31.1 Å². The number of hydrogen-bond donors (Lipinski definition) is 1. The Morgan fingerprint density at radius 2 is 1.90 bits per heavy atom. The molecule has 1 aromatic heterocycles. The molecule has 8 heteroatoms. The topological polar surface area (TPSA) is 83.4 Å². The molecule has 1 unspecified atom stereocenters. The Bertz CT molecular complexity index is 878. The minimum Gasteiger partial charge on any atom is -0.348 e. The monoisotopic (exact) mass is 398 g/mol. The molecule has 0 spiro atoms. The summed E-state index contributed by atoms with van der Waals surface area (Å²) in [5, 5.41) is 11.0. The first-order valence-corrected chi connectivity index (χ1v) is 10.4. The van der Waals surface area contributed by atoms with Gasteiger partial charge in [0, 0.05) is 24.8 Å². The minimum absolute atomic E-state index is 0.0293. The fourth-order valence-electron chi connectivity index (χ4n) is 3.63. The van der Waals surface area contributed by atoms with E-state index in [4.69, 9.17) is 0 Å². The van der Waals surface area contributed by atoms with Crippen molar-refractivity contribution in [1.29, 1.82) is 0 Å². The number of amides is 1. The lowest BCUT2D eigenvalue weighted by Crippen LogP contribution is -2.39. The smallest absolute Gasteiger partial charge is 0.286 e. The molecule has 0 saturated heterocycles. The van der Waals surface area contributed by atoms with Gasteiger partial charge in [0.05, 0.1) is 0 Å². The van der Waals surface area contributed by atoms with Gasteiger partial charge >= 0.3 is 0 Å². The second-order valence-electron chi connectivity index (χ2n) is 7.34. The third-order valence-electron chi connectivity index (χ3n) is 5.38. The van der Waals surface area contributed by atoms with Gasteiger partial charge in [0.2, 0.25) is 11.6 Å². The summed E-state index contributed by atoms with van der Waals surface area (Å²) in [4.78, 5) is 29.7. The molecule has 1 aromatic carbocycles. The second kappa shape index (κ2) is 9.65. The third-order valence-corrected chi connectivity index (χ3v) is 5.38. The lowest BCUT2D eigenvalue weighted by molar-refractivity contribution is 0.0928. The van der Waals surface area contributed by atoms with Gasteiger partial charge in [0.25, 0.3) is 11.5 Å². The average molecular weight is 399 g/mol. The fraction of sp³-hybridized carbons (Fsp3) is 0.524. The van der Waals surface area contributed by atoms with Crippen LogP contribution in [0.4, 0.5) is 11.6 Å². The van der Waals surface area contributed by atoms with Crippen molar-refractivity contribution in [3.63, 3.8) is 0 Å². The standard InChI is InChI=1S/C21H30N6O2/c1-4-25(5-2)13-9-10-16(3)22-19(28)18-20(29)27-15-14-26(21(27)24-23-18)17-11-7-6-8-12-17/h6-8,11-12,16H,4-5,9-10,13-15H2,1-3H3,(H,22,28). The van der Waals surface area contributed by atoms with Gasteiger partial charge < -0.3 is 15.1 Å². The molecule has 2 aromatic rings. The summed E-state index contributed by atoms with van der Waals surface area (Å²) in [5.41, 5.74) is 0.423. The summed E-state index contributed by atoms with van der Waals surface area (Å²) in [5.74, 6) is 0.0244. The Morgan fingerprint density at radius 1 is 1.17 bits per heavy atom. The maximum absolute atomic E-state index is 12.8. The van der Waals surface area contributed by atoms with Crippen LogP contribution < -0.4 is 15.8 Å². The molecule has 156 valence electrons. The molecule has 8 nitrogen and oxygen atoms in total. The SMILES string of the molecule is CCN(CC)CCCC(C)NC(=O)c1nnc2n(c1=O)CCN2c1ccccc1. The van der Waals surface area contributed by atoms with Gasteiger partial charge in [-0.25, -0.2) is 0 Å². The maximum Gasteiger partial charge on any atom is 0.286 e. The van der Waals surface area contributed by atoms with Gasteiger partial charge in [-0.05, 0) is 51.5 Å². The largest absolute Gasteiger partial charge is 0.348 e. The lowest BCUT2D eigenvalue weighted by Gasteiger charge is -2.19. The summed E-state index contributed by atoms with van der Waals surface area (Å²) >= 11 is 0. The number of nitrogens with one attached hydrogen (secondary N) is 1. The Labute approximate surface area is 171 Å². The maximum atomic E-state index is 12.8. The Balaban J connectivity index is 1.65. The first-order chi connectivity index (χ1) is 14.0. The van der Waals surface area contributed by atoms with Crippen molar-refractivity contribution in [2.24, 2.45) is 0 Å². The highest BCUT2D eigenvalue weighted by Crippen LogP contribution is 2.25. The summed E-state index contributed by atoms with van der Waals surface area (Å²) < 4.78 is 1.53. The van der Waals surface area contributed by atoms with E-state index in [0.29, 0.717) is 19.0 Å². The molecule has 0 fully saturated rings. The van der Waals surface area contributed by atoms with E-state index in [1.807, 2.05) is 42.2 Å². The molecule has 1 atom stereocenters. The Kier molecular flexibility index (Phi) is 6.98. The predicted octanol–water partition coefficient (Wildman–Crippen LogP) is 2.03. The predicted molar refractivity (Wildman–Crippen MR) is 114 cm³/mol. The van der Waals surface area contributed by atoms with E-state index in [1.54, 1.807) is 0 Å². The van der Waals surface area contributed by atoms with Crippen LogP contribution in [0.15, 0.2) is 35.1 Å². The van der Waals surface area contributed by atoms with Crippen LogP contribution in [0.3, 0.4) is 0 Å². The normalized spacial score (nSPS) is 14.1. The summed E-state index contributed by atoms with van der Waals surface area (Å²) in [7, 11) is 0. The molecule has 1 amide bonds. The number of aromatic nitrogens is 3. The van der Waals surface area contributed by atoms with Gasteiger partial charge in [0.1, 0.15) is 0 Å². The molecule has 1 aliphatic heterocycles. The zero-order chi connectivity index (χ0) is 20.8. The average Bonchev–Trinajstić information content (AvgIpc) is 3.17. The zero-order valence-electron chi connectivity index (χ0n) is 17.5. The number of anilines is 2. The van der Waals surface area contributed by atoms with E-state index in [0.717, 1.165) is 38.2 Å². The quantitative estimate of drug-likeness (QED) is 0.696. The van der Waals surface area contributed by atoms with Gasteiger partial charge in [0.15, 0.2) is 0 Å². The van der Waals surface area contributed by atoms with E-state index in [9.17, 15) is 9.59 Å². The molecule has 0 saturated carbocycles. The van der Waals surface area contributed by atoms with Crippen molar-refractivity contribution in [1.82, 2.24) is 25.0 Å². The van der Waals surface area contributed by atoms with E-state index in [2.05, 4.69) is 34.3 Å². The number of nitrogens with zero attached hydrogens (tertiary/aromatic N) is 5. The first-order valence-electron chi connectivity index (χ1n) is 10.4. The number of para-hydroxylation sites is 1. The summed E-state index contributed by atoms with van der Waals surface area (Å²) in [6.07, 6.45) is 1.84. The van der Waals surface area contributed by atoms with Crippen LogP contribution in [0.25, 0.3) is 0 Å². The minimum atomic E-state index is -0.452. The first kappa shape index (κ1) is 21.0. The van der Waals surface area contributed by atoms with Gasteiger partial charge in [-0.3, -0.25) is 14.2 Å². The van der Waals surface area contributed by atoms with E-state index in [-0.39, 0.29) is 17.3 Å². The van der Waals surface area contributed by atoms with Crippen LogP contribution >= 0.6 is 0 Å². The molecule has 3 rings (SSSR count). The molecule has 0 bridgehead atoms. The molecule has 1 N–H and O–H groups in total. The van der Waals surface area contributed by atoms with Gasteiger partial charge in [-0.2, -0.15) is 0 Å². The second-order valence-corrected chi connectivity index (χ2v) is 7.34. The summed E-state index contributed by atoms with van der Waals surface area (Å²) in [6.45, 7) is 10.4. The van der Waals surface area contributed by atoms with E-state index >= 15 is 0 Å². The molecule has 1 aliphatic rings. The molecule has 2 heterocycles. The molecule has 29 heavy (non-hydrogen) atoms. The van der Waals surface area contributed by atoms with Crippen molar-refractivity contribution >= 4 is 17.5 Å². The number of hydrogen-bond acceptors (Lipinski definition) is 6. The van der Waals surface area contributed by atoms with E-state index < -0.39 is 5.91 Å². The zero-order valence-corrected chi connectivity index (χ0v) is 17.5. The van der Waals surface area contributed by atoms with Crippen molar-refractivity contribution < 1.29 is 4.79 Å². The van der Waals surface area contributed by atoms with Crippen LogP contribution in [-0.4, -0.2) is 57.8 Å². The molecule has 0 radical (unpaired) electrons. The highest BCUT2D eigenvalue weighted by Gasteiger charge is 2.27. The molecular weight excluding hydrogens is 368 g/mol. The van der Waals surface area contributed by atoms with Gasteiger partial charge in [-0.1, -0.05) is 32.0 Å². The van der Waals surface area contributed by atoms with Crippen LogP contribution in [0.5, 0.6) is 0 Å². The number of carbonyl (C=O) groups excluding carboxylic acids is 1. The number of benzene rings is 1. The number of fused-ring (bicyclic) bond motifs is 1. The fourth-order valence-corrected chi connectivity index (χ4v) is 3.63. The number of carbonyl (C=O) groups is 1. The van der Waals surface area contributed by atoms with Crippen LogP contribution in [0.2, 0.25) is 0 Å². The van der Waals surface area contributed by atoms with E-state index in [1.165, 1.54) is 4.57 Å². The van der Waals surface area contributed by atoms with Crippen LogP contribution in [0.1, 0.15) is 44.1 Å². The highest BCUT2D eigenvalue weighted by molar-refractivity contribution is 5.92. The molecular formula is C21H30N6O2. The third kappa shape index (κ3) is 4.82. The van der Waals surface area contributed by atoms with Crippen LogP contribution in [-0.2, 0) is 6.54 Å².